The van der Waals surface area contributed by atoms with Crippen molar-refractivity contribution in [2.24, 2.45) is 0 Å². The Bertz CT molecular complexity index is 297. The highest BCUT2D eigenvalue weighted by Crippen LogP contribution is 2.37. The van der Waals surface area contributed by atoms with Gasteiger partial charge in [0.05, 0.1) is 10.0 Å². The van der Waals surface area contributed by atoms with Crippen LogP contribution in [0.3, 0.4) is 0 Å². The van der Waals surface area contributed by atoms with Crippen LogP contribution >= 0.6 is 31.9 Å². The molecule has 0 spiro atoms. The van der Waals surface area contributed by atoms with E-state index >= 15 is 0 Å². The molecule has 1 rings (SSSR count). The minimum Gasteiger partial charge on any atom is -0.263 e. The van der Waals surface area contributed by atoms with Gasteiger partial charge in [0.25, 0.3) is 0 Å². The zero-order chi connectivity index (χ0) is 9.35. The topological polar surface area (TPSA) is 12.9 Å². The highest BCUT2D eigenvalue weighted by molar-refractivity contribution is 9.13. The number of alkyl halides is 3. The summed E-state index contributed by atoms with van der Waals surface area (Å²) in [4.78, 5) is 3.41. The smallest absolute Gasteiger partial charge is 0.263 e. The first-order valence-corrected chi connectivity index (χ1v) is 4.37. The Morgan fingerprint density at radius 3 is 2.17 bits per heavy atom. The molecule has 1 nitrogen and oxygen atoms in total. The summed E-state index contributed by atoms with van der Waals surface area (Å²) in [5.41, 5.74) is -0.781. The van der Waals surface area contributed by atoms with Gasteiger partial charge in [-0.1, -0.05) is 0 Å². The van der Waals surface area contributed by atoms with Crippen molar-refractivity contribution < 1.29 is 13.2 Å². The Hall–Kier alpha value is -0.100. The molecular weight excluding hydrogens is 303 g/mol. The van der Waals surface area contributed by atoms with Crippen molar-refractivity contribution in [1.29, 1.82) is 0 Å². The molecule has 0 radical (unpaired) electrons. The number of hydrogen-bond acceptors (Lipinski definition) is 1. The molecule has 0 aliphatic carbocycles. The van der Waals surface area contributed by atoms with Crippen molar-refractivity contribution >= 4 is 31.9 Å². The van der Waals surface area contributed by atoms with E-state index in [1.54, 1.807) is 0 Å². The Morgan fingerprint density at radius 2 is 1.75 bits per heavy atom. The monoisotopic (exact) mass is 303 g/mol. The third-order valence-corrected chi connectivity index (χ3v) is 3.13. The van der Waals surface area contributed by atoms with Gasteiger partial charge in [-0.2, -0.15) is 13.2 Å². The minimum absolute atomic E-state index is 0.0231. The van der Waals surface area contributed by atoms with Crippen molar-refractivity contribution in [2.75, 3.05) is 0 Å². The summed E-state index contributed by atoms with van der Waals surface area (Å²) in [7, 11) is 0. The molecule has 1 heterocycles. The number of rotatable bonds is 0. The van der Waals surface area contributed by atoms with Crippen LogP contribution < -0.4 is 0 Å². The van der Waals surface area contributed by atoms with E-state index in [2.05, 4.69) is 36.8 Å². The lowest BCUT2D eigenvalue weighted by Gasteiger charge is -2.08. The average Bonchev–Trinajstić information content (AvgIpc) is 1.92. The summed E-state index contributed by atoms with van der Waals surface area (Å²) >= 11 is 5.74. The van der Waals surface area contributed by atoms with Crippen molar-refractivity contribution in [3.63, 3.8) is 0 Å². The van der Waals surface area contributed by atoms with Gasteiger partial charge in [0.1, 0.15) is 0 Å². The molecule has 1 aromatic heterocycles. The summed E-state index contributed by atoms with van der Waals surface area (Å²) in [5.74, 6) is 0. The van der Waals surface area contributed by atoms with Crippen molar-refractivity contribution in [3.05, 3.63) is 26.9 Å². The minimum atomic E-state index is -4.37. The molecule has 0 aliphatic heterocycles. The molecule has 0 atom stereocenters. The molecule has 0 N–H and O–H groups in total. The maximum absolute atomic E-state index is 12.1. The highest BCUT2D eigenvalue weighted by Gasteiger charge is 2.33. The zero-order valence-electron chi connectivity index (χ0n) is 5.49. The maximum Gasteiger partial charge on any atom is 0.419 e. The first-order valence-electron chi connectivity index (χ1n) is 2.79. The molecule has 6 heteroatoms. The molecule has 0 aromatic carbocycles. The van der Waals surface area contributed by atoms with Crippen LogP contribution in [-0.4, -0.2) is 4.98 Å². The summed E-state index contributed by atoms with van der Waals surface area (Å²) in [6, 6.07) is 0. The maximum atomic E-state index is 12.1. The predicted octanol–water partition coefficient (Wildman–Crippen LogP) is 3.63. The van der Waals surface area contributed by atoms with E-state index in [1.165, 1.54) is 6.20 Å². The quantitative estimate of drug-likeness (QED) is 0.713. The fraction of sp³-hybridized carbons (Fsp3) is 0.167. The molecule has 12 heavy (non-hydrogen) atoms. The largest absolute Gasteiger partial charge is 0.419 e. The van der Waals surface area contributed by atoms with Gasteiger partial charge in [-0.05, 0) is 31.9 Å². The van der Waals surface area contributed by atoms with Crippen LogP contribution in [0.25, 0.3) is 0 Å². The molecule has 66 valence electrons. The third-order valence-electron chi connectivity index (χ3n) is 1.14. The lowest BCUT2D eigenvalue weighted by atomic mass is 10.3. The molecule has 0 bridgehead atoms. The van der Waals surface area contributed by atoms with E-state index in [9.17, 15) is 13.2 Å². The molecule has 0 unspecified atom stereocenters. The molecule has 0 saturated heterocycles. The number of hydrogen-bond donors (Lipinski definition) is 0. The second-order valence-electron chi connectivity index (χ2n) is 1.98. The summed E-state index contributed by atoms with van der Waals surface area (Å²) < 4.78 is 36.7. The van der Waals surface area contributed by atoms with Gasteiger partial charge in [-0.25, -0.2) is 0 Å². The van der Waals surface area contributed by atoms with E-state index in [4.69, 9.17) is 0 Å². The number of aromatic nitrogens is 1. The van der Waals surface area contributed by atoms with Crippen molar-refractivity contribution in [2.45, 2.75) is 6.18 Å². The Morgan fingerprint density at radius 1 is 1.17 bits per heavy atom. The van der Waals surface area contributed by atoms with E-state index in [0.29, 0.717) is 0 Å². The molecular formula is C6H2Br2F3N. The van der Waals surface area contributed by atoms with E-state index in [0.717, 1.165) is 6.20 Å². The standard InChI is InChI=1S/C6H2Br2F3N/c7-4-2-12-1-3(5(4)8)6(9,10)11/h1-2H. The van der Waals surface area contributed by atoms with Gasteiger partial charge in [-0.3, -0.25) is 4.98 Å². The van der Waals surface area contributed by atoms with E-state index in [1.807, 2.05) is 0 Å². The van der Waals surface area contributed by atoms with Crippen LogP contribution in [0.1, 0.15) is 5.56 Å². The van der Waals surface area contributed by atoms with Gasteiger partial charge < -0.3 is 0 Å². The normalized spacial score (nSPS) is 11.8. The van der Waals surface area contributed by atoms with Crippen LogP contribution in [0.15, 0.2) is 21.3 Å². The molecule has 1 aromatic rings. The zero-order valence-corrected chi connectivity index (χ0v) is 8.66. The third kappa shape index (κ3) is 1.98. The van der Waals surface area contributed by atoms with Crippen LogP contribution in [0.4, 0.5) is 13.2 Å². The number of halogens is 5. The molecule has 0 amide bonds. The van der Waals surface area contributed by atoms with Gasteiger partial charge in [0.15, 0.2) is 0 Å². The lowest BCUT2D eigenvalue weighted by Crippen LogP contribution is -2.06. The van der Waals surface area contributed by atoms with Gasteiger partial charge in [0, 0.05) is 16.9 Å². The second kappa shape index (κ2) is 3.33. The Labute approximate surface area is 83.2 Å². The van der Waals surface area contributed by atoms with Crippen LogP contribution in [0, 0.1) is 0 Å². The van der Waals surface area contributed by atoms with Gasteiger partial charge in [0.2, 0.25) is 0 Å². The second-order valence-corrected chi connectivity index (χ2v) is 3.63. The fourth-order valence-electron chi connectivity index (χ4n) is 0.617. The summed E-state index contributed by atoms with van der Waals surface area (Å²) in [5, 5.41) is 0. The summed E-state index contributed by atoms with van der Waals surface area (Å²) in [6.07, 6.45) is -2.30. The van der Waals surface area contributed by atoms with Gasteiger partial charge in [-0.15, -0.1) is 0 Å². The van der Waals surface area contributed by atoms with Crippen molar-refractivity contribution in [3.8, 4) is 0 Å². The predicted molar refractivity (Wildman–Crippen MR) is 44.6 cm³/mol. The average molecular weight is 305 g/mol. The number of nitrogens with zero attached hydrogens (tertiary/aromatic N) is 1. The molecule has 0 saturated carbocycles. The Kier molecular flexibility index (Phi) is 2.77. The fourth-order valence-corrected chi connectivity index (χ4v) is 1.38. The van der Waals surface area contributed by atoms with Crippen LogP contribution in [0.2, 0.25) is 0 Å². The Balaban J connectivity index is 3.26. The lowest BCUT2D eigenvalue weighted by molar-refractivity contribution is -0.138. The van der Waals surface area contributed by atoms with E-state index in [-0.39, 0.29) is 8.95 Å². The molecule has 0 fully saturated rings. The number of pyridine rings is 1. The SMILES string of the molecule is FC(F)(F)c1cncc(Br)c1Br. The van der Waals surface area contributed by atoms with E-state index < -0.39 is 11.7 Å². The van der Waals surface area contributed by atoms with Crippen molar-refractivity contribution in [1.82, 2.24) is 4.98 Å². The summed E-state index contributed by atoms with van der Waals surface area (Å²) in [6.45, 7) is 0. The van der Waals surface area contributed by atoms with Gasteiger partial charge >= 0.3 is 6.18 Å². The highest BCUT2D eigenvalue weighted by atomic mass is 79.9. The van der Waals surface area contributed by atoms with Crippen LogP contribution in [-0.2, 0) is 6.18 Å². The van der Waals surface area contributed by atoms with Crippen LogP contribution in [0.5, 0.6) is 0 Å². The molecule has 0 aliphatic rings. The first-order chi connectivity index (χ1) is 5.43. The first kappa shape index (κ1) is 9.98.